The molecule has 33 heavy (non-hydrogen) atoms. The molecule has 0 nitrogen and oxygen atoms in total. The number of benzene rings is 3. The molecule has 0 aromatic heterocycles. The lowest BCUT2D eigenvalue weighted by atomic mass is 9.35. The molecule has 0 aliphatic carbocycles. The summed E-state index contributed by atoms with van der Waals surface area (Å²) < 4.78 is 159. The van der Waals surface area contributed by atoms with Crippen molar-refractivity contribution < 1.29 is 48.3 Å². The van der Waals surface area contributed by atoms with Gasteiger partial charge in [0.05, 0.1) is 0 Å². The van der Waals surface area contributed by atoms with Gasteiger partial charge in [0.2, 0.25) is 0 Å². The van der Waals surface area contributed by atoms with Crippen LogP contribution in [-0.4, -0.2) is 6.71 Å². The lowest BCUT2D eigenvalue weighted by Crippen LogP contribution is -2.60. The average molecular weight is 482 g/mol. The summed E-state index contributed by atoms with van der Waals surface area (Å²) >= 11 is 0. The standard InChI is InChI=1S/C21H10BF11/c1-5-10(8(23)4-9(24)13(5)25)22(11-18(30)14(26)6(2)15(27)19(11)31)12-20(32)16(28)7(3)17(29)21(12)33/h4H,1-3H3. The van der Waals surface area contributed by atoms with Crippen LogP contribution in [0.1, 0.15) is 16.7 Å². The third-order valence-electron chi connectivity index (χ3n) is 5.35. The molecule has 0 aliphatic heterocycles. The van der Waals surface area contributed by atoms with Crippen LogP contribution in [0.3, 0.4) is 0 Å². The Morgan fingerprint density at radius 2 is 0.727 bits per heavy atom. The molecule has 0 bridgehead atoms. The van der Waals surface area contributed by atoms with E-state index in [1.165, 1.54) is 0 Å². The highest BCUT2D eigenvalue weighted by Gasteiger charge is 2.42. The van der Waals surface area contributed by atoms with Crippen LogP contribution in [0.15, 0.2) is 6.07 Å². The Bertz CT molecular complexity index is 1190. The van der Waals surface area contributed by atoms with Crippen LogP contribution >= 0.6 is 0 Å². The fourth-order valence-corrected chi connectivity index (χ4v) is 3.54. The topological polar surface area (TPSA) is 0 Å². The van der Waals surface area contributed by atoms with Gasteiger partial charge < -0.3 is 0 Å². The van der Waals surface area contributed by atoms with E-state index in [2.05, 4.69) is 0 Å². The van der Waals surface area contributed by atoms with Crippen LogP contribution in [0.25, 0.3) is 0 Å². The monoisotopic (exact) mass is 482 g/mol. The SMILES string of the molecule is Cc1c(F)c(F)c(B(c2c(F)cc(F)c(F)c2C)c2c(F)c(F)c(C)c(F)c2F)c(F)c1F. The van der Waals surface area contributed by atoms with Gasteiger partial charge in [0.1, 0.15) is 5.82 Å². The summed E-state index contributed by atoms with van der Waals surface area (Å²) in [5.74, 6) is -23.0. The van der Waals surface area contributed by atoms with E-state index in [0.29, 0.717) is 20.8 Å². The molecule has 0 amide bonds. The third kappa shape index (κ3) is 3.55. The maximum atomic E-state index is 14.8. The molecule has 0 unspecified atom stereocenters. The van der Waals surface area contributed by atoms with E-state index in [0.717, 1.165) is 0 Å². The van der Waals surface area contributed by atoms with Crippen LogP contribution in [0.5, 0.6) is 0 Å². The maximum absolute atomic E-state index is 14.8. The van der Waals surface area contributed by atoms with Crippen molar-refractivity contribution in [1.82, 2.24) is 0 Å². The van der Waals surface area contributed by atoms with Gasteiger partial charge in [0, 0.05) is 28.1 Å². The smallest absolute Gasteiger partial charge is 0.207 e. The lowest BCUT2D eigenvalue weighted by molar-refractivity contribution is 0.450. The van der Waals surface area contributed by atoms with Crippen molar-refractivity contribution in [2.75, 3.05) is 0 Å². The first-order valence-corrected chi connectivity index (χ1v) is 9.02. The molecular formula is C21H10BF11. The van der Waals surface area contributed by atoms with Crippen LogP contribution < -0.4 is 16.4 Å². The molecule has 0 atom stereocenters. The van der Waals surface area contributed by atoms with Crippen LogP contribution in [-0.2, 0) is 0 Å². The van der Waals surface area contributed by atoms with Crippen molar-refractivity contribution >= 4 is 23.1 Å². The van der Waals surface area contributed by atoms with Crippen LogP contribution in [0, 0.1) is 84.8 Å². The van der Waals surface area contributed by atoms with Crippen molar-refractivity contribution in [3.63, 3.8) is 0 Å². The first kappa shape index (κ1) is 24.6. The molecule has 3 aromatic carbocycles. The van der Waals surface area contributed by atoms with E-state index in [1.54, 1.807) is 0 Å². The minimum absolute atomic E-state index is 0.169. The summed E-state index contributed by atoms with van der Waals surface area (Å²) in [5, 5.41) is 0. The Labute approximate surface area is 179 Å². The van der Waals surface area contributed by atoms with E-state index in [9.17, 15) is 48.3 Å². The molecule has 174 valence electrons. The van der Waals surface area contributed by atoms with Gasteiger partial charge in [-0.25, -0.2) is 48.3 Å². The normalized spacial score (nSPS) is 11.3. The molecule has 0 aliphatic rings. The van der Waals surface area contributed by atoms with E-state index < -0.39 is 104 Å². The predicted octanol–water partition coefficient (Wildman–Crippen LogP) is 4.66. The average Bonchev–Trinajstić information content (AvgIpc) is 2.77. The van der Waals surface area contributed by atoms with Crippen molar-refractivity contribution in [3.8, 4) is 0 Å². The third-order valence-corrected chi connectivity index (χ3v) is 5.35. The van der Waals surface area contributed by atoms with Gasteiger partial charge in [0.25, 0.3) is 6.71 Å². The summed E-state index contributed by atoms with van der Waals surface area (Å²) in [4.78, 5) is 0. The number of halogens is 11. The Kier molecular flexibility index (Phi) is 6.25. The van der Waals surface area contributed by atoms with E-state index in [4.69, 9.17) is 0 Å². The Balaban J connectivity index is 2.64. The fraction of sp³-hybridized carbons (Fsp3) is 0.143. The summed E-state index contributed by atoms with van der Waals surface area (Å²) in [6, 6.07) is -0.169. The molecule has 0 heterocycles. The first-order valence-electron chi connectivity index (χ1n) is 9.02. The first-order chi connectivity index (χ1) is 15.2. The molecular weight excluding hydrogens is 472 g/mol. The van der Waals surface area contributed by atoms with Crippen molar-refractivity contribution in [2.24, 2.45) is 0 Å². The largest absolute Gasteiger partial charge is 0.261 e. The number of hydrogen-bond donors (Lipinski definition) is 0. The van der Waals surface area contributed by atoms with Crippen LogP contribution in [0.4, 0.5) is 48.3 Å². The predicted molar refractivity (Wildman–Crippen MR) is 97.7 cm³/mol. The van der Waals surface area contributed by atoms with Crippen molar-refractivity contribution in [1.29, 1.82) is 0 Å². The molecule has 0 fully saturated rings. The highest BCUT2D eigenvalue weighted by molar-refractivity contribution is 6.96. The van der Waals surface area contributed by atoms with Crippen molar-refractivity contribution in [2.45, 2.75) is 20.8 Å². The molecule has 0 spiro atoms. The van der Waals surface area contributed by atoms with Gasteiger partial charge in [-0.05, 0) is 31.8 Å². The molecule has 3 aromatic rings. The molecule has 3 rings (SSSR count). The van der Waals surface area contributed by atoms with Gasteiger partial charge in [-0.1, -0.05) is 0 Å². The maximum Gasteiger partial charge on any atom is 0.261 e. The molecule has 0 radical (unpaired) electrons. The highest BCUT2D eigenvalue weighted by atomic mass is 19.2. The summed E-state index contributed by atoms with van der Waals surface area (Å²) in [6.07, 6.45) is 0. The lowest BCUT2D eigenvalue weighted by Gasteiger charge is -2.23. The summed E-state index contributed by atoms with van der Waals surface area (Å²) in [7, 11) is 0. The molecule has 0 N–H and O–H groups in total. The van der Waals surface area contributed by atoms with Gasteiger partial charge in [-0.15, -0.1) is 0 Å². The Morgan fingerprint density at radius 3 is 1.06 bits per heavy atom. The summed E-state index contributed by atoms with van der Waals surface area (Å²) in [6.45, 7) is -1.18. The fourth-order valence-electron chi connectivity index (χ4n) is 3.54. The van der Waals surface area contributed by atoms with Crippen LogP contribution in [0.2, 0.25) is 0 Å². The van der Waals surface area contributed by atoms with Crippen molar-refractivity contribution in [3.05, 3.63) is 86.7 Å². The van der Waals surface area contributed by atoms with E-state index >= 15 is 0 Å². The second-order valence-electron chi connectivity index (χ2n) is 7.22. The zero-order valence-electron chi connectivity index (χ0n) is 16.8. The molecule has 0 saturated carbocycles. The number of hydrogen-bond acceptors (Lipinski definition) is 0. The minimum atomic E-state index is -3.01. The number of rotatable bonds is 3. The summed E-state index contributed by atoms with van der Waals surface area (Å²) in [5.41, 5.74) is -8.78. The zero-order valence-corrected chi connectivity index (χ0v) is 16.8. The van der Waals surface area contributed by atoms with Gasteiger partial charge in [0.15, 0.2) is 58.2 Å². The Hall–Kier alpha value is -3.05. The van der Waals surface area contributed by atoms with Gasteiger partial charge in [-0.3, -0.25) is 0 Å². The highest BCUT2D eigenvalue weighted by Crippen LogP contribution is 2.23. The van der Waals surface area contributed by atoms with E-state index in [-0.39, 0.29) is 6.07 Å². The second kappa shape index (κ2) is 8.38. The van der Waals surface area contributed by atoms with Gasteiger partial charge in [-0.2, -0.15) is 0 Å². The Morgan fingerprint density at radius 1 is 0.394 bits per heavy atom. The molecule has 0 saturated heterocycles. The minimum Gasteiger partial charge on any atom is -0.207 e. The zero-order chi connectivity index (χ0) is 25.1. The molecule has 12 heteroatoms. The van der Waals surface area contributed by atoms with Gasteiger partial charge >= 0.3 is 0 Å². The second-order valence-corrected chi connectivity index (χ2v) is 7.22. The quantitative estimate of drug-likeness (QED) is 0.290. The van der Waals surface area contributed by atoms with E-state index in [1.807, 2.05) is 0 Å².